The van der Waals surface area contributed by atoms with Crippen molar-refractivity contribution in [1.82, 2.24) is 0 Å². The number of amides is 1. The summed E-state index contributed by atoms with van der Waals surface area (Å²) in [6.07, 6.45) is 1.39. The van der Waals surface area contributed by atoms with Crippen LogP contribution >= 0.6 is 27.5 Å². The fourth-order valence-corrected chi connectivity index (χ4v) is 2.75. The highest BCUT2D eigenvalue weighted by Gasteiger charge is 2.23. The van der Waals surface area contributed by atoms with E-state index in [0.29, 0.717) is 36.2 Å². The van der Waals surface area contributed by atoms with Crippen molar-refractivity contribution in [3.8, 4) is 0 Å². The Hall–Kier alpha value is -0.650. The number of halogens is 3. The fraction of sp³-hybridized carbons (Fsp3) is 0.417. The number of anilines is 1. The topological polar surface area (TPSA) is 38.3 Å². The zero-order valence-electron chi connectivity index (χ0n) is 9.51. The number of ether oxygens (including phenoxy) is 1. The summed E-state index contributed by atoms with van der Waals surface area (Å²) >= 11 is 9.09. The van der Waals surface area contributed by atoms with E-state index >= 15 is 0 Å². The maximum atomic E-state index is 13.1. The molecule has 0 spiro atoms. The number of nitrogens with one attached hydrogen (secondary N) is 1. The van der Waals surface area contributed by atoms with Gasteiger partial charge in [0.05, 0.1) is 10.7 Å². The van der Waals surface area contributed by atoms with Gasteiger partial charge in [0.25, 0.3) is 0 Å². The maximum absolute atomic E-state index is 13.1. The summed E-state index contributed by atoms with van der Waals surface area (Å²) < 4.78 is 18.7. The normalized spacial score (nSPS) is 16.6. The van der Waals surface area contributed by atoms with Gasteiger partial charge in [-0.05, 0) is 40.9 Å². The third-order valence-electron chi connectivity index (χ3n) is 2.85. The highest BCUT2D eigenvalue weighted by molar-refractivity contribution is 9.10. The molecule has 0 aliphatic carbocycles. The monoisotopic (exact) mass is 335 g/mol. The Morgan fingerprint density at radius 3 is 2.72 bits per heavy atom. The van der Waals surface area contributed by atoms with Crippen LogP contribution in [-0.4, -0.2) is 19.1 Å². The molecule has 1 heterocycles. The Morgan fingerprint density at radius 1 is 1.44 bits per heavy atom. The summed E-state index contributed by atoms with van der Waals surface area (Å²) in [7, 11) is 0. The molecular formula is C12H12BrClFNO2. The van der Waals surface area contributed by atoms with Crippen LogP contribution in [-0.2, 0) is 9.53 Å². The van der Waals surface area contributed by atoms with Crippen LogP contribution in [0.5, 0.6) is 0 Å². The molecule has 0 unspecified atom stereocenters. The van der Waals surface area contributed by atoms with E-state index in [1.165, 1.54) is 12.1 Å². The molecule has 1 fully saturated rings. The minimum absolute atomic E-state index is 0.0771. The first kappa shape index (κ1) is 13.8. The van der Waals surface area contributed by atoms with Crippen LogP contribution in [0.3, 0.4) is 0 Å². The van der Waals surface area contributed by atoms with Gasteiger partial charge in [0, 0.05) is 23.6 Å². The quantitative estimate of drug-likeness (QED) is 0.896. The Labute approximate surface area is 118 Å². The minimum Gasteiger partial charge on any atom is -0.381 e. The van der Waals surface area contributed by atoms with E-state index in [1.807, 2.05) is 0 Å². The van der Waals surface area contributed by atoms with Crippen molar-refractivity contribution in [1.29, 1.82) is 0 Å². The Balaban J connectivity index is 2.11. The molecule has 98 valence electrons. The molecular weight excluding hydrogens is 324 g/mol. The molecule has 3 nitrogen and oxygen atoms in total. The average Bonchev–Trinajstić information content (AvgIpc) is 2.34. The Bertz CT molecular complexity index is 440. The number of rotatable bonds is 2. The smallest absolute Gasteiger partial charge is 0.227 e. The van der Waals surface area contributed by atoms with E-state index in [-0.39, 0.29) is 16.8 Å². The first-order chi connectivity index (χ1) is 8.58. The molecule has 1 aliphatic rings. The van der Waals surface area contributed by atoms with Gasteiger partial charge < -0.3 is 10.1 Å². The minimum atomic E-state index is -0.448. The summed E-state index contributed by atoms with van der Waals surface area (Å²) in [4.78, 5) is 12.0. The Kier molecular flexibility index (Phi) is 4.59. The lowest BCUT2D eigenvalue weighted by Gasteiger charge is -2.21. The molecule has 0 bridgehead atoms. The second-order valence-corrected chi connectivity index (χ2v) is 5.38. The number of carbonyl (C=O) groups excluding carboxylic acids is 1. The maximum Gasteiger partial charge on any atom is 0.227 e. The van der Waals surface area contributed by atoms with Crippen LogP contribution in [0.1, 0.15) is 12.8 Å². The van der Waals surface area contributed by atoms with Gasteiger partial charge in [-0.3, -0.25) is 4.79 Å². The van der Waals surface area contributed by atoms with E-state index in [0.717, 1.165) is 0 Å². The molecule has 0 aromatic heterocycles. The van der Waals surface area contributed by atoms with Crippen molar-refractivity contribution in [3.63, 3.8) is 0 Å². The number of benzene rings is 1. The van der Waals surface area contributed by atoms with Crippen LogP contribution < -0.4 is 5.32 Å². The van der Waals surface area contributed by atoms with Gasteiger partial charge in [-0.25, -0.2) is 4.39 Å². The van der Waals surface area contributed by atoms with Gasteiger partial charge in [-0.1, -0.05) is 11.6 Å². The molecule has 1 amide bonds. The van der Waals surface area contributed by atoms with Crippen molar-refractivity contribution in [2.45, 2.75) is 12.8 Å². The predicted molar refractivity (Wildman–Crippen MR) is 71.3 cm³/mol. The van der Waals surface area contributed by atoms with Gasteiger partial charge in [0.2, 0.25) is 5.91 Å². The van der Waals surface area contributed by atoms with E-state index in [4.69, 9.17) is 16.3 Å². The third-order valence-corrected chi connectivity index (χ3v) is 3.77. The summed E-state index contributed by atoms with van der Waals surface area (Å²) in [5, 5.41) is 2.92. The van der Waals surface area contributed by atoms with Crippen molar-refractivity contribution in [2.75, 3.05) is 18.5 Å². The number of carbonyl (C=O) groups is 1. The second kappa shape index (κ2) is 5.99. The summed E-state index contributed by atoms with van der Waals surface area (Å²) in [6, 6.07) is 2.44. The molecule has 1 aromatic rings. The van der Waals surface area contributed by atoms with Crippen LogP contribution in [0, 0.1) is 11.7 Å². The highest BCUT2D eigenvalue weighted by Crippen LogP contribution is 2.32. The Morgan fingerprint density at radius 2 is 2.11 bits per heavy atom. The van der Waals surface area contributed by atoms with Gasteiger partial charge in [-0.2, -0.15) is 0 Å². The number of hydrogen-bond acceptors (Lipinski definition) is 2. The zero-order valence-corrected chi connectivity index (χ0v) is 11.9. The van der Waals surface area contributed by atoms with Crippen molar-refractivity contribution in [2.24, 2.45) is 5.92 Å². The van der Waals surface area contributed by atoms with Gasteiger partial charge in [0.15, 0.2) is 0 Å². The predicted octanol–water partition coefficient (Wildman–Crippen LogP) is 3.61. The van der Waals surface area contributed by atoms with Crippen molar-refractivity contribution >= 4 is 39.1 Å². The number of hydrogen-bond donors (Lipinski definition) is 1. The highest BCUT2D eigenvalue weighted by atomic mass is 79.9. The lowest BCUT2D eigenvalue weighted by atomic mass is 9.99. The molecule has 0 radical (unpaired) electrons. The first-order valence-electron chi connectivity index (χ1n) is 5.61. The lowest BCUT2D eigenvalue weighted by molar-refractivity contribution is -0.122. The van der Waals surface area contributed by atoms with Crippen LogP contribution in [0.2, 0.25) is 5.02 Å². The standard InChI is InChI=1S/C12H12BrClFNO2/c13-9-5-8(15)6-10(14)11(9)16-12(17)7-1-3-18-4-2-7/h5-7H,1-4H2,(H,16,17). The van der Waals surface area contributed by atoms with Gasteiger partial charge in [0.1, 0.15) is 5.82 Å². The third kappa shape index (κ3) is 3.22. The van der Waals surface area contributed by atoms with Crippen molar-refractivity contribution in [3.05, 3.63) is 27.4 Å². The van der Waals surface area contributed by atoms with E-state index in [1.54, 1.807) is 0 Å². The molecule has 6 heteroatoms. The lowest BCUT2D eigenvalue weighted by Crippen LogP contribution is -2.28. The fourth-order valence-electron chi connectivity index (χ4n) is 1.85. The molecule has 1 saturated heterocycles. The van der Waals surface area contributed by atoms with Crippen LogP contribution in [0.25, 0.3) is 0 Å². The molecule has 2 rings (SSSR count). The molecule has 0 saturated carbocycles. The van der Waals surface area contributed by atoms with Crippen LogP contribution in [0.15, 0.2) is 16.6 Å². The zero-order chi connectivity index (χ0) is 13.1. The molecule has 1 aliphatic heterocycles. The summed E-state index contributed by atoms with van der Waals surface area (Å²) in [5.74, 6) is -0.629. The van der Waals surface area contributed by atoms with Gasteiger partial charge in [-0.15, -0.1) is 0 Å². The van der Waals surface area contributed by atoms with E-state index < -0.39 is 5.82 Å². The largest absolute Gasteiger partial charge is 0.381 e. The molecule has 0 atom stereocenters. The average molecular weight is 337 g/mol. The van der Waals surface area contributed by atoms with Crippen LogP contribution in [0.4, 0.5) is 10.1 Å². The second-order valence-electron chi connectivity index (χ2n) is 4.12. The van der Waals surface area contributed by atoms with Crippen molar-refractivity contribution < 1.29 is 13.9 Å². The molecule has 1 N–H and O–H groups in total. The molecule has 1 aromatic carbocycles. The SMILES string of the molecule is O=C(Nc1c(Cl)cc(F)cc1Br)C1CCOCC1. The first-order valence-corrected chi connectivity index (χ1v) is 6.78. The molecule has 18 heavy (non-hydrogen) atoms. The van der Waals surface area contributed by atoms with E-state index in [2.05, 4.69) is 21.2 Å². The summed E-state index contributed by atoms with van der Waals surface area (Å²) in [6.45, 7) is 1.19. The van der Waals surface area contributed by atoms with E-state index in [9.17, 15) is 9.18 Å². The van der Waals surface area contributed by atoms with Gasteiger partial charge >= 0.3 is 0 Å². The summed E-state index contributed by atoms with van der Waals surface area (Å²) in [5.41, 5.74) is 0.412.